The van der Waals surface area contributed by atoms with Crippen LogP contribution in [0.3, 0.4) is 0 Å². The number of para-hydroxylation sites is 1. The van der Waals surface area contributed by atoms with Gasteiger partial charge in [0.1, 0.15) is 0 Å². The fourth-order valence-electron chi connectivity index (χ4n) is 4.31. The predicted octanol–water partition coefficient (Wildman–Crippen LogP) is 5.92. The van der Waals surface area contributed by atoms with E-state index in [9.17, 15) is 4.79 Å². The predicted molar refractivity (Wildman–Crippen MR) is 129 cm³/mol. The van der Waals surface area contributed by atoms with Gasteiger partial charge in [0, 0.05) is 18.3 Å². The van der Waals surface area contributed by atoms with Gasteiger partial charge in [-0.2, -0.15) is 0 Å². The highest BCUT2D eigenvalue weighted by Crippen LogP contribution is 2.44. The minimum atomic E-state index is -0.0873. The van der Waals surface area contributed by atoms with E-state index in [1.165, 1.54) is 28.6 Å². The number of hydrogen-bond donors (Lipinski definition) is 1. The molecule has 0 aliphatic carbocycles. The quantitative estimate of drug-likeness (QED) is 0.615. The topological polar surface area (TPSA) is 44.7 Å². The molecule has 2 aliphatic rings. The van der Waals surface area contributed by atoms with Gasteiger partial charge in [-0.1, -0.05) is 25.1 Å². The number of fused-ring (bicyclic) bond motifs is 1. The first kappa shape index (κ1) is 20.7. The van der Waals surface area contributed by atoms with E-state index in [0.717, 1.165) is 23.2 Å². The van der Waals surface area contributed by atoms with E-state index in [4.69, 9.17) is 0 Å². The van der Waals surface area contributed by atoms with Crippen LogP contribution in [-0.4, -0.2) is 23.7 Å². The second kappa shape index (κ2) is 7.62. The average Bonchev–Trinajstić information content (AvgIpc) is 3.02. The summed E-state index contributed by atoms with van der Waals surface area (Å²) in [5.74, 6) is 0.392. The lowest BCUT2D eigenvalue weighted by Gasteiger charge is -2.45. The third-order valence-electron chi connectivity index (χ3n) is 6.30. The molecule has 30 heavy (non-hydrogen) atoms. The number of hydrogen-bond acceptors (Lipinski definition) is 4. The Kier molecular flexibility index (Phi) is 5.27. The van der Waals surface area contributed by atoms with E-state index in [0.29, 0.717) is 16.0 Å². The minimum Gasteiger partial charge on any atom is -0.369 e. The lowest BCUT2D eigenvalue weighted by atomic mass is 9.79. The van der Waals surface area contributed by atoms with Crippen molar-refractivity contribution in [1.82, 2.24) is 5.32 Å². The van der Waals surface area contributed by atoms with Crippen molar-refractivity contribution in [3.63, 3.8) is 0 Å². The number of carbonyl (C=O) groups excluding carboxylic acids is 1. The Hall–Kier alpha value is -2.53. The lowest BCUT2D eigenvalue weighted by Crippen LogP contribution is -2.45. The number of rotatable bonds is 2. The van der Waals surface area contributed by atoms with E-state index in [1.54, 1.807) is 0 Å². The molecule has 1 unspecified atom stereocenters. The molecule has 0 saturated carbocycles. The third-order valence-corrected chi connectivity index (χ3v) is 7.21. The molecule has 2 aliphatic heterocycles. The molecule has 4 rings (SSSR count). The smallest absolute Gasteiger partial charge is 0.264 e. The standard InChI is InChI=1S/C25H29N3OS/c1-15-9-7-8-10-20(15)26-24-27-23(29)22(30-24)13-18-12-19-17(3)14-25(4,5)28(6)21(19)11-16(18)2/h7-13,17H,14H2,1-6H3,(H,26,27,29)/b22-13-. The Bertz CT molecular complexity index is 1080. The van der Waals surface area contributed by atoms with Crippen LogP contribution in [0.15, 0.2) is 46.3 Å². The maximum Gasteiger partial charge on any atom is 0.264 e. The van der Waals surface area contributed by atoms with Crippen molar-refractivity contribution < 1.29 is 4.79 Å². The van der Waals surface area contributed by atoms with E-state index in [2.05, 4.69) is 62.1 Å². The van der Waals surface area contributed by atoms with Crippen LogP contribution in [0.1, 0.15) is 55.4 Å². The molecule has 0 bridgehead atoms. The molecule has 5 heteroatoms. The van der Waals surface area contributed by atoms with E-state index in [-0.39, 0.29) is 11.4 Å². The number of carbonyl (C=O) groups is 1. The summed E-state index contributed by atoms with van der Waals surface area (Å²) < 4.78 is 0. The Balaban J connectivity index is 1.67. The number of nitrogens with zero attached hydrogens (tertiary/aromatic N) is 2. The number of benzene rings is 2. The summed E-state index contributed by atoms with van der Waals surface area (Å²) >= 11 is 1.40. The monoisotopic (exact) mass is 419 g/mol. The molecular formula is C25H29N3OS. The van der Waals surface area contributed by atoms with Crippen LogP contribution in [0.4, 0.5) is 11.4 Å². The zero-order valence-corrected chi connectivity index (χ0v) is 19.4. The van der Waals surface area contributed by atoms with Gasteiger partial charge in [-0.05, 0) is 98.3 Å². The summed E-state index contributed by atoms with van der Waals surface area (Å²) in [6.07, 6.45) is 3.11. The number of thioether (sulfide) groups is 1. The molecule has 2 aromatic carbocycles. The van der Waals surface area contributed by atoms with Gasteiger partial charge < -0.3 is 10.2 Å². The molecule has 0 aromatic heterocycles. The molecule has 2 heterocycles. The highest BCUT2D eigenvalue weighted by molar-refractivity contribution is 8.18. The summed E-state index contributed by atoms with van der Waals surface area (Å²) in [6, 6.07) is 12.5. The largest absolute Gasteiger partial charge is 0.369 e. The van der Waals surface area contributed by atoms with Gasteiger partial charge in [0.2, 0.25) is 0 Å². The number of amidine groups is 1. The second-order valence-corrected chi connectivity index (χ2v) is 10.0. The fourth-order valence-corrected chi connectivity index (χ4v) is 5.14. The van der Waals surface area contributed by atoms with Gasteiger partial charge in [0.25, 0.3) is 5.91 Å². The molecule has 1 saturated heterocycles. The highest BCUT2D eigenvalue weighted by Gasteiger charge is 2.34. The number of anilines is 1. The molecule has 1 N–H and O–H groups in total. The first-order valence-electron chi connectivity index (χ1n) is 10.4. The molecule has 0 spiro atoms. The van der Waals surface area contributed by atoms with Crippen molar-refractivity contribution in [3.05, 3.63) is 63.6 Å². The van der Waals surface area contributed by atoms with Crippen molar-refractivity contribution in [2.24, 2.45) is 4.99 Å². The van der Waals surface area contributed by atoms with Crippen LogP contribution < -0.4 is 10.2 Å². The summed E-state index contributed by atoms with van der Waals surface area (Å²) in [6.45, 7) is 11.0. The molecule has 1 fully saturated rings. The maximum absolute atomic E-state index is 12.6. The van der Waals surface area contributed by atoms with Crippen LogP contribution in [0.25, 0.3) is 6.08 Å². The maximum atomic E-state index is 12.6. The van der Waals surface area contributed by atoms with Crippen molar-refractivity contribution in [2.75, 3.05) is 11.9 Å². The number of nitrogens with one attached hydrogen (secondary N) is 1. The first-order valence-corrected chi connectivity index (χ1v) is 11.2. The van der Waals surface area contributed by atoms with Crippen molar-refractivity contribution in [1.29, 1.82) is 0 Å². The molecular weight excluding hydrogens is 390 g/mol. The third kappa shape index (κ3) is 3.79. The van der Waals surface area contributed by atoms with Crippen molar-refractivity contribution in [3.8, 4) is 0 Å². The number of aryl methyl sites for hydroxylation is 2. The number of amides is 1. The summed E-state index contributed by atoms with van der Waals surface area (Å²) in [7, 11) is 2.18. The van der Waals surface area contributed by atoms with Gasteiger partial charge in [-0.3, -0.25) is 4.79 Å². The molecule has 2 aromatic rings. The van der Waals surface area contributed by atoms with Gasteiger partial charge in [-0.15, -0.1) is 0 Å². The van der Waals surface area contributed by atoms with Crippen LogP contribution in [0, 0.1) is 13.8 Å². The van der Waals surface area contributed by atoms with Crippen molar-refractivity contribution >= 4 is 40.3 Å². The molecule has 0 radical (unpaired) electrons. The molecule has 156 valence electrons. The number of aliphatic imine (C=N–C) groups is 1. The van der Waals surface area contributed by atoms with Crippen LogP contribution in [-0.2, 0) is 4.79 Å². The Morgan fingerprint density at radius 3 is 2.67 bits per heavy atom. The van der Waals surface area contributed by atoms with E-state index < -0.39 is 0 Å². The lowest BCUT2D eigenvalue weighted by molar-refractivity contribution is -0.115. The Morgan fingerprint density at radius 2 is 1.93 bits per heavy atom. The van der Waals surface area contributed by atoms with Gasteiger partial charge in [-0.25, -0.2) is 4.99 Å². The van der Waals surface area contributed by atoms with E-state index in [1.807, 2.05) is 37.3 Å². The average molecular weight is 420 g/mol. The zero-order chi connectivity index (χ0) is 21.6. The normalized spacial score (nSPS) is 23.1. The zero-order valence-electron chi connectivity index (χ0n) is 18.5. The fraction of sp³-hybridized carbons (Fsp3) is 0.360. The van der Waals surface area contributed by atoms with E-state index >= 15 is 0 Å². The van der Waals surface area contributed by atoms with Crippen LogP contribution in [0.5, 0.6) is 0 Å². The molecule has 1 atom stereocenters. The van der Waals surface area contributed by atoms with Gasteiger partial charge in [0.15, 0.2) is 5.17 Å². The Labute approximate surface area is 183 Å². The summed E-state index contributed by atoms with van der Waals surface area (Å²) in [5, 5.41) is 3.54. The van der Waals surface area contributed by atoms with Gasteiger partial charge in [0.05, 0.1) is 10.6 Å². The minimum absolute atomic E-state index is 0.0873. The molecule has 4 nitrogen and oxygen atoms in total. The second-order valence-electron chi connectivity index (χ2n) is 9.01. The Morgan fingerprint density at radius 1 is 1.20 bits per heavy atom. The van der Waals surface area contributed by atoms with Gasteiger partial charge >= 0.3 is 0 Å². The van der Waals surface area contributed by atoms with Crippen LogP contribution in [0.2, 0.25) is 0 Å². The highest BCUT2D eigenvalue weighted by atomic mass is 32.2. The van der Waals surface area contributed by atoms with Crippen LogP contribution >= 0.6 is 11.8 Å². The molecule has 1 amide bonds. The van der Waals surface area contributed by atoms with Crippen molar-refractivity contribution in [2.45, 2.75) is 52.5 Å². The SMILES string of the molecule is Cc1cc2c(cc1/C=C1\SC(=Nc3ccccc3C)NC1=O)C(C)CC(C)(C)N2C. The summed E-state index contributed by atoms with van der Waals surface area (Å²) in [5.41, 5.74) is 7.03. The summed E-state index contributed by atoms with van der Waals surface area (Å²) in [4.78, 5) is 20.3. The first-order chi connectivity index (χ1) is 14.2.